The lowest BCUT2D eigenvalue weighted by molar-refractivity contribution is 0.120. The summed E-state index contributed by atoms with van der Waals surface area (Å²) >= 11 is 3.42. The van der Waals surface area contributed by atoms with Crippen molar-refractivity contribution >= 4 is 21.6 Å². The molecule has 0 aliphatic heterocycles. The van der Waals surface area contributed by atoms with Crippen LogP contribution in [0.1, 0.15) is 12.0 Å². The van der Waals surface area contributed by atoms with Crippen molar-refractivity contribution in [3.05, 3.63) is 64.6 Å². The molecule has 0 aliphatic carbocycles. The molecule has 2 nitrogen and oxygen atoms in total. The van der Waals surface area contributed by atoms with Crippen LogP contribution in [-0.2, 0) is 11.3 Å². The fourth-order valence-corrected chi connectivity index (χ4v) is 2.00. The number of hydrogen-bond donors (Lipinski definition) is 1. The zero-order valence-corrected chi connectivity index (χ0v) is 12.4. The lowest BCUT2D eigenvalue weighted by Gasteiger charge is -2.07. The molecule has 0 spiro atoms. The normalized spacial score (nSPS) is 10.4. The molecule has 0 aliphatic rings. The smallest absolute Gasteiger partial charge is 0.0716 e. The van der Waals surface area contributed by atoms with Crippen LogP contribution in [0.4, 0.5) is 5.69 Å². The Morgan fingerprint density at radius 3 is 2.42 bits per heavy atom. The second-order valence-corrected chi connectivity index (χ2v) is 5.24. The number of halogens is 1. The van der Waals surface area contributed by atoms with Gasteiger partial charge in [-0.15, -0.1) is 0 Å². The first-order valence-corrected chi connectivity index (χ1v) is 7.25. The van der Waals surface area contributed by atoms with Gasteiger partial charge in [-0.2, -0.15) is 0 Å². The van der Waals surface area contributed by atoms with E-state index in [9.17, 15) is 0 Å². The Labute approximate surface area is 122 Å². The Morgan fingerprint density at radius 1 is 0.947 bits per heavy atom. The molecule has 0 amide bonds. The van der Waals surface area contributed by atoms with E-state index in [0.29, 0.717) is 6.61 Å². The van der Waals surface area contributed by atoms with Gasteiger partial charge in [0.1, 0.15) is 0 Å². The van der Waals surface area contributed by atoms with Gasteiger partial charge < -0.3 is 10.1 Å². The highest BCUT2D eigenvalue weighted by Gasteiger charge is 1.94. The van der Waals surface area contributed by atoms with Crippen LogP contribution in [0.2, 0.25) is 0 Å². The first-order valence-electron chi connectivity index (χ1n) is 6.46. The summed E-state index contributed by atoms with van der Waals surface area (Å²) in [7, 11) is 0. The second kappa shape index (κ2) is 7.97. The minimum atomic E-state index is 0.679. The predicted octanol–water partition coefficient (Wildman–Crippen LogP) is 4.47. The Balaban J connectivity index is 1.56. The zero-order chi connectivity index (χ0) is 13.3. The fourth-order valence-electron chi connectivity index (χ4n) is 1.73. The van der Waals surface area contributed by atoms with E-state index in [1.807, 2.05) is 30.3 Å². The summed E-state index contributed by atoms with van der Waals surface area (Å²) in [6.07, 6.45) is 1.01. The van der Waals surface area contributed by atoms with E-state index in [0.717, 1.165) is 29.7 Å². The highest BCUT2D eigenvalue weighted by molar-refractivity contribution is 9.10. The van der Waals surface area contributed by atoms with Crippen LogP contribution in [-0.4, -0.2) is 13.2 Å². The number of hydrogen-bond acceptors (Lipinski definition) is 2. The third kappa shape index (κ3) is 5.45. The van der Waals surface area contributed by atoms with E-state index in [4.69, 9.17) is 4.74 Å². The molecular weight excluding hydrogens is 302 g/mol. The molecule has 0 aromatic heterocycles. The largest absolute Gasteiger partial charge is 0.385 e. The molecule has 2 aromatic rings. The van der Waals surface area contributed by atoms with Crippen LogP contribution in [0.5, 0.6) is 0 Å². The van der Waals surface area contributed by atoms with Crippen LogP contribution >= 0.6 is 15.9 Å². The van der Waals surface area contributed by atoms with E-state index in [1.54, 1.807) is 0 Å². The molecule has 1 N–H and O–H groups in total. The van der Waals surface area contributed by atoms with Gasteiger partial charge in [0.2, 0.25) is 0 Å². The van der Waals surface area contributed by atoms with E-state index < -0.39 is 0 Å². The van der Waals surface area contributed by atoms with Crippen LogP contribution in [0, 0.1) is 0 Å². The molecule has 0 unspecified atom stereocenters. The number of nitrogens with one attached hydrogen (secondary N) is 1. The van der Waals surface area contributed by atoms with Crippen LogP contribution in [0.3, 0.4) is 0 Å². The predicted molar refractivity (Wildman–Crippen MR) is 83.3 cm³/mol. The lowest BCUT2D eigenvalue weighted by Crippen LogP contribution is -2.05. The Morgan fingerprint density at radius 2 is 1.68 bits per heavy atom. The van der Waals surface area contributed by atoms with Crippen LogP contribution in [0.15, 0.2) is 59.1 Å². The van der Waals surface area contributed by atoms with Gasteiger partial charge in [0.05, 0.1) is 6.61 Å². The molecule has 0 fully saturated rings. The Bertz CT molecular complexity index is 470. The van der Waals surface area contributed by atoms with Gasteiger partial charge in [0, 0.05) is 23.3 Å². The molecule has 2 aromatic carbocycles. The second-order valence-electron chi connectivity index (χ2n) is 4.33. The minimum absolute atomic E-state index is 0.679. The summed E-state index contributed by atoms with van der Waals surface area (Å²) in [4.78, 5) is 0. The first-order chi connectivity index (χ1) is 9.34. The molecule has 0 saturated heterocycles. The van der Waals surface area contributed by atoms with Gasteiger partial charge >= 0.3 is 0 Å². The third-order valence-corrected chi connectivity index (χ3v) is 3.28. The van der Waals surface area contributed by atoms with Crippen LogP contribution in [0.25, 0.3) is 0 Å². The summed E-state index contributed by atoms with van der Waals surface area (Å²) < 4.78 is 6.74. The first kappa shape index (κ1) is 14.1. The summed E-state index contributed by atoms with van der Waals surface area (Å²) in [5.74, 6) is 0. The van der Waals surface area contributed by atoms with E-state index >= 15 is 0 Å². The van der Waals surface area contributed by atoms with E-state index in [-0.39, 0.29) is 0 Å². The Hall–Kier alpha value is -1.32. The van der Waals surface area contributed by atoms with Crippen LogP contribution < -0.4 is 5.32 Å². The molecular formula is C16H18BrNO. The number of para-hydroxylation sites is 1. The van der Waals surface area contributed by atoms with Crippen molar-refractivity contribution in [2.24, 2.45) is 0 Å². The van der Waals surface area contributed by atoms with E-state index in [1.165, 1.54) is 5.56 Å². The van der Waals surface area contributed by atoms with Gasteiger partial charge in [-0.3, -0.25) is 0 Å². The fraction of sp³-hybridized carbons (Fsp3) is 0.250. The lowest BCUT2D eigenvalue weighted by atomic mass is 10.2. The van der Waals surface area contributed by atoms with Crippen molar-refractivity contribution in [2.45, 2.75) is 13.0 Å². The molecule has 19 heavy (non-hydrogen) atoms. The SMILES string of the molecule is Brc1ccc(COCCCNc2ccccc2)cc1. The maximum atomic E-state index is 5.64. The van der Waals surface area contributed by atoms with Crippen molar-refractivity contribution in [2.75, 3.05) is 18.5 Å². The molecule has 0 radical (unpaired) electrons. The van der Waals surface area contributed by atoms with Crippen molar-refractivity contribution in [1.29, 1.82) is 0 Å². The highest BCUT2D eigenvalue weighted by Crippen LogP contribution is 2.11. The number of rotatable bonds is 7. The quantitative estimate of drug-likeness (QED) is 0.760. The van der Waals surface area contributed by atoms with Gasteiger partial charge in [-0.05, 0) is 36.2 Å². The number of benzene rings is 2. The monoisotopic (exact) mass is 319 g/mol. The zero-order valence-electron chi connectivity index (χ0n) is 10.8. The maximum Gasteiger partial charge on any atom is 0.0716 e. The minimum Gasteiger partial charge on any atom is -0.385 e. The third-order valence-electron chi connectivity index (χ3n) is 2.75. The summed E-state index contributed by atoms with van der Waals surface area (Å²) in [5.41, 5.74) is 2.37. The van der Waals surface area contributed by atoms with Crippen molar-refractivity contribution in [3.63, 3.8) is 0 Å². The molecule has 0 atom stereocenters. The maximum absolute atomic E-state index is 5.64. The summed E-state index contributed by atoms with van der Waals surface area (Å²) in [6, 6.07) is 18.5. The number of ether oxygens (including phenoxy) is 1. The standard InChI is InChI=1S/C16H18BrNO/c17-15-9-7-14(8-10-15)13-19-12-4-11-18-16-5-2-1-3-6-16/h1-3,5-10,18H,4,11-13H2. The summed E-state index contributed by atoms with van der Waals surface area (Å²) in [6.45, 7) is 2.39. The highest BCUT2D eigenvalue weighted by atomic mass is 79.9. The van der Waals surface area contributed by atoms with Gasteiger partial charge in [-0.1, -0.05) is 46.3 Å². The molecule has 2 rings (SSSR count). The molecule has 3 heteroatoms. The van der Waals surface area contributed by atoms with Crippen molar-refractivity contribution < 1.29 is 4.74 Å². The number of anilines is 1. The van der Waals surface area contributed by atoms with Gasteiger partial charge in [0.15, 0.2) is 0 Å². The molecule has 0 bridgehead atoms. The topological polar surface area (TPSA) is 21.3 Å². The van der Waals surface area contributed by atoms with Crippen molar-refractivity contribution in [1.82, 2.24) is 0 Å². The average molecular weight is 320 g/mol. The molecule has 0 heterocycles. The molecule has 100 valence electrons. The van der Waals surface area contributed by atoms with Crippen molar-refractivity contribution in [3.8, 4) is 0 Å². The average Bonchev–Trinajstić information content (AvgIpc) is 2.46. The van der Waals surface area contributed by atoms with Gasteiger partial charge in [0.25, 0.3) is 0 Å². The van der Waals surface area contributed by atoms with Gasteiger partial charge in [-0.25, -0.2) is 0 Å². The summed E-state index contributed by atoms with van der Waals surface area (Å²) in [5, 5.41) is 3.36. The molecule has 0 saturated carbocycles. The Kier molecular flexibility index (Phi) is 5.92. The van der Waals surface area contributed by atoms with E-state index in [2.05, 4.69) is 45.5 Å².